The van der Waals surface area contributed by atoms with Gasteiger partial charge in [0.1, 0.15) is 54.4 Å². The Labute approximate surface area is 238 Å². The number of ether oxygens (including phenoxy) is 4. The molecule has 240 valence electrons. The van der Waals surface area contributed by atoms with Gasteiger partial charge in [-0.15, -0.1) is 0 Å². The molecular weight excluding hydrogens is 548 g/mol. The Hall–Kier alpha value is -0.930. The fraction of sp³-hybridized carbons (Fsp3) is 0.960. The van der Waals surface area contributed by atoms with E-state index in [1.54, 1.807) is 7.05 Å². The summed E-state index contributed by atoms with van der Waals surface area (Å²) in [4.78, 5) is 12.6. The second kappa shape index (κ2) is 14.7. The van der Waals surface area contributed by atoms with Gasteiger partial charge >= 0.3 is 0 Å². The minimum absolute atomic E-state index is 0.0419. The molecule has 16 nitrogen and oxygen atoms in total. The SMILES string of the molecule is CCNC[C@H]1O[C@H](OC2[C@@H](N)C[C@@H](CC(=O)[C@@H](O)CN)[C@H](O[C@H]3OC[C@](C)(O)[C@H](NC)[C@H]3O)[C@H]2O)[C@H](O)[C@@H](O)[C@@H]1O. The van der Waals surface area contributed by atoms with E-state index in [0.717, 1.165) is 0 Å². The highest BCUT2D eigenvalue weighted by atomic mass is 16.7. The number of aliphatic hydroxyl groups excluding tert-OH is 6. The van der Waals surface area contributed by atoms with Crippen molar-refractivity contribution in [2.24, 2.45) is 17.4 Å². The second-order valence-electron chi connectivity index (χ2n) is 11.4. The number of hydrogen-bond acceptors (Lipinski definition) is 16. The molecule has 0 aromatic rings. The maximum absolute atomic E-state index is 12.6. The van der Waals surface area contributed by atoms with Crippen LogP contribution in [0.2, 0.25) is 0 Å². The average Bonchev–Trinajstić information content (AvgIpc) is 2.92. The first kappa shape index (κ1) is 34.6. The number of nitrogens with two attached hydrogens (primary N) is 2. The molecule has 1 aliphatic carbocycles. The van der Waals surface area contributed by atoms with Crippen molar-refractivity contribution in [2.75, 3.05) is 33.3 Å². The van der Waals surface area contributed by atoms with Crippen LogP contribution < -0.4 is 22.1 Å². The summed E-state index contributed by atoms with van der Waals surface area (Å²) in [5, 5.41) is 80.0. The standard InChI is InChI=1S/C25H48N4O12/c1-4-29-8-14-15(32)16(33)17(34)24(39-14)41-21-11(27)5-10(6-12(30)13(31)7-26)20(18(21)35)40-23-19(36)22(28-3)25(2,37)9-38-23/h10-11,13-24,28-29,31-37H,4-9,26-27H2,1-3H3/t10-,11-,13-,14+,15+,16-,17+,18+,19+,20-,21?,22+,23+,24+,25-/m0/s1. The summed E-state index contributed by atoms with van der Waals surface area (Å²) in [5.41, 5.74) is 10.4. The summed E-state index contributed by atoms with van der Waals surface area (Å²) in [6, 6.07) is -1.78. The van der Waals surface area contributed by atoms with E-state index in [-0.39, 0.29) is 32.5 Å². The third-order valence-electron chi connectivity index (χ3n) is 8.18. The Morgan fingerprint density at radius 2 is 1.71 bits per heavy atom. The van der Waals surface area contributed by atoms with Crippen LogP contribution in [0, 0.1) is 5.92 Å². The lowest BCUT2D eigenvalue weighted by atomic mass is 9.76. The zero-order chi connectivity index (χ0) is 30.6. The Balaban J connectivity index is 1.83. The van der Waals surface area contributed by atoms with Crippen LogP contribution in [0.1, 0.15) is 26.7 Å². The molecule has 1 unspecified atom stereocenters. The molecule has 3 fully saturated rings. The second-order valence-corrected chi connectivity index (χ2v) is 11.4. The van der Waals surface area contributed by atoms with E-state index in [1.165, 1.54) is 6.92 Å². The lowest BCUT2D eigenvalue weighted by molar-refractivity contribution is -0.333. The third-order valence-corrected chi connectivity index (χ3v) is 8.18. The van der Waals surface area contributed by atoms with Crippen molar-refractivity contribution in [3.05, 3.63) is 0 Å². The van der Waals surface area contributed by atoms with E-state index in [9.17, 15) is 40.5 Å². The molecule has 0 amide bonds. The van der Waals surface area contributed by atoms with Crippen molar-refractivity contribution in [3.8, 4) is 0 Å². The van der Waals surface area contributed by atoms with Crippen molar-refractivity contribution in [3.63, 3.8) is 0 Å². The normalized spacial score (nSPS) is 46.3. The molecule has 1 saturated carbocycles. The van der Waals surface area contributed by atoms with Gasteiger partial charge < -0.3 is 76.8 Å². The summed E-state index contributed by atoms with van der Waals surface area (Å²) in [5.74, 6) is -1.37. The molecular formula is C25H48N4O12. The Morgan fingerprint density at radius 1 is 1.05 bits per heavy atom. The predicted molar refractivity (Wildman–Crippen MR) is 141 cm³/mol. The van der Waals surface area contributed by atoms with Crippen LogP contribution in [0.15, 0.2) is 0 Å². The summed E-state index contributed by atoms with van der Waals surface area (Å²) in [6.45, 7) is 3.50. The van der Waals surface area contributed by atoms with Gasteiger partial charge in [-0.1, -0.05) is 6.92 Å². The van der Waals surface area contributed by atoms with Crippen molar-refractivity contribution in [1.29, 1.82) is 0 Å². The van der Waals surface area contributed by atoms with E-state index in [1.807, 2.05) is 6.92 Å². The smallest absolute Gasteiger partial charge is 0.187 e. The minimum Gasteiger partial charge on any atom is -0.388 e. The van der Waals surface area contributed by atoms with Crippen LogP contribution >= 0.6 is 0 Å². The number of aliphatic hydroxyl groups is 7. The highest BCUT2D eigenvalue weighted by molar-refractivity contribution is 5.83. The van der Waals surface area contributed by atoms with E-state index < -0.39 is 96.9 Å². The van der Waals surface area contributed by atoms with E-state index >= 15 is 0 Å². The summed E-state index contributed by atoms with van der Waals surface area (Å²) >= 11 is 0. The van der Waals surface area contributed by atoms with Gasteiger partial charge in [0.25, 0.3) is 0 Å². The van der Waals surface area contributed by atoms with Gasteiger partial charge in [-0.3, -0.25) is 4.79 Å². The van der Waals surface area contributed by atoms with Gasteiger partial charge in [0.05, 0.1) is 18.8 Å². The summed E-state index contributed by atoms with van der Waals surface area (Å²) < 4.78 is 23.2. The molecule has 41 heavy (non-hydrogen) atoms. The Morgan fingerprint density at radius 3 is 2.32 bits per heavy atom. The van der Waals surface area contributed by atoms with E-state index in [4.69, 9.17) is 30.4 Å². The maximum Gasteiger partial charge on any atom is 0.187 e. The first-order valence-corrected chi connectivity index (χ1v) is 14.0. The van der Waals surface area contributed by atoms with Crippen molar-refractivity contribution in [2.45, 2.75) is 112 Å². The van der Waals surface area contributed by atoms with Crippen LogP contribution in [0.5, 0.6) is 0 Å². The molecule has 13 N–H and O–H groups in total. The first-order valence-electron chi connectivity index (χ1n) is 14.0. The van der Waals surface area contributed by atoms with Crippen LogP contribution in [0.4, 0.5) is 0 Å². The zero-order valence-corrected chi connectivity index (χ0v) is 23.7. The molecule has 16 heteroatoms. The first-order chi connectivity index (χ1) is 19.3. The predicted octanol–water partition coefficient (Wildman–Crippen LogP) is -5.78. The monoisotopic (exact) mass is 596 g/mol. The van der Waals surface area contributed by atoms with Gasteiger partial charge in [-0.05, 0) is 32.9 Å². The van der Waals surface area contributed by atoms with E-state index in [0.29, 0.717) is 6.54 Å². The number of nitrogens with one attached hydrogen (secondary N) is 2. The Kier molecular flexibility index (Phi) is 12.4. The highest BCUT2D eigenvalue weighted by Crippen LogP contribution is 2.36. The molecule has 0 bridgehead atoms. The third kappa shape index (κ3) is 7.78. The van der Waals surface area contributed by atoms with Gasteiger partial charge in [0.2, 0.25) is 0 Å². The number of likely N-dealkylation sites (N-methyl/N-ethyl adjacent to an activating group) is 2. The van der Waals surface area contributed by atoms with Crippen molar-refractivity contribution in [1.82, 2.24) is 10.6 Å². The minimum atomic E-state index is -1.68. The van der Waals surface area contributed by atoms with E-state index in [2.05, 4.69) is 10.6 Å². The zero-order valence-electron chi connectivity index (χ0n) is 23.7. The molecule has 0 spiro atoms. The molecule has 0 radical (unpaired) electrons. The van der Waals surface area contributed by atoms with Gasteiger partial charge in [0.15, 0.2) is 18.4 Å². The number of rotatable bonds is 12. The molecule has 2 heterocycles. The summed E-state index contributed by atoms with van der Waals surface area (Å²) in [6.07, 6.45) is -15.6. The molecule has 3 rings (SSSR count). The van der Waals surface area contributed by atoms with Crippen LogP contribution in [-0.2, 0) is 23.7 Å². The quantitative estimate of drug-likeness (QED) is 0.100. The van der Waals surface area contributed by atoms with Crippen LogP contribution in [0.3, 0.4) is 0 Å². The number of hydrogen-bond donors (Lipinski definition) is 11. The molecule has 0 aromatic heterocycles. The molecule has 2 saturated heterocycles. The molecule has 2 aliphatic heterocycles. The van der Waals surface area contributed by atoms with Gasteiger partial charge in [0, 0.05) is 25.6 Å². The summed E-state index contributed by atoms with van der Waals surface area (Å²) in [7, 11) is 1.54. The Bertz CT molecular complexity index is 842. The highest BCUT2D eigenvalue weighted by Gasteiger charge is 2.53. The van der Waals surface area contributed by atoms with Gasteiger partial charge in [-0.25, -0.2) is 0 Å². The maximum atomic E-state index is 12.6. The van der Waals surface area contributed by atoms with Crippen LogP contribution in [-0.4, -0.2) is 160 Å². The van der Waals surface area contributed by atoms with Gasteiger partial charge in [-0.2, -0.15) is 0 Å². The van der Waals surface area contributed by atoms with Crippen molar-refractivity contribution < 1.29 is 59.5 Å². The number of carbonyl (C=O) groups is 1. The lowest BCUT2D eigenvalue weighted by Crippen LogP contribution is -2.67. The number of Topliss-reactive ketones (excluding diaryl/α,β-unsaturated/α-hetero) is 1. The topological polar surface area (TPSA) is 272 Å². The molecule has 15 atom stereocenters. The average molecular weight is 597 g/mol. The number of carbonyl (C=O) groups excluding carboxylic acids is 1. The molecule has 0 aromatic carbocycles. The largest absolute Gasteiger partial charge is 0.388 e. The molecule has 3 aliphatic rings. The number of ketones is 1. The van der Waals surface area contributed by atoms with Crippen LogP contribution in [0.25, 0.3) is 0 Å². The van der Waals surface area contributed by atoms with Crippen molar-refractivity contribution >= 4 is 5.78 Å². The fourth-order valence-corrected chi connectivity index (χ4v) is 5.79. The lowest BCUT2D eigenvalue weighted by Gasteiger charge is -2.49. The fourth-order valence-electron chi connectivity index (χ4n) is 5.79.